The second kappa shape index (κ2) is 6.23. The lowest BCUT2D eigenvalue weighted by Gasteiger charge is -2.18. The number of nitrogens with zero attached hydrogens (tertiary/aromatic N) is 4. The van der Waals surface area contributed by atoms with E-state index in [0.29, 0.717) is 11.5 Å². The molecule has 0 radical (unpaired) electrons. The van der Waals surface area contributed by atoms with Gasteiger partial charge < -0.3 is 14.8 Å². The molecule has 0 aliphatic heterocycles. The Morgan fingerprint density at radius 1 is 1.35 bits per heavy atom. The minimum absolute atomic E-state index is 0.0452. The topological polar surface area (TPSA) is 91.2 Å². The number of ether oxygens (including phenoxy) is 2. The largest absolute Gasteiger partial charge is 0.493 e. The molecule has 8 heteroatoms. The Kier molecular flexibility index (Phi) is 4.14. The first-order valence-electron chi connectivity index (χ1n) is 7.41. The number of fused-ring (bicyclic) bond motifs is 1. The first-order valence-corrected chi connectivity index (χ1v) is 7.41. The molecule has 1 aromatic heterocycles. The fourth-order valence-electron chi connectivity index (χ4n) is 2.84. The van der Waals surface area contributed by atoms with Gasteiger partial charge in [-0.15, -0.1) is 5.10 Å². The molecule has 23 heavy (non-hydrogen) atoms. The second-order valence-corrected chi connectivity index (χ2v) is 5.47. The van der Waals surface area contributed by atoms with Crippen LogP contribution in [0.5, 0.6) is 11.5 Å². The van der Waals surface area contributed by atoms with E-state index in [1.165, 1.54) is 16.6 Å². The number of methoxy groups -OCH3 is 2. The summed E-state index contributed by atoms with van der Waals surface area (Å²) < 4.78 is 12.1. The molecule has 0 fully saturated rings. The maximum Gasteiger partial charge on any atom is 0.245 e. The lowest BCUT2D eigenvalue weighted by molar-refractivity contribution is -0.124. The van der Waals surface area contributed by atoms with Crippen LogP contribution in [-0.2, 0) is 11.2 Å². The van der Waals surface area contributed by atoms with Crippen molar-refractivity contribution in [1.82, 2.24) is 25.5 Å². The minimum atomic E-state index is -0.464. The third kappa shape index (κ3) is 2.84. The summed E-state index contributed by atoms with van der Waals surface area (Å²) in [5.41, 5.74) is 2.24. The smallest absolute Gasteiger partial charge is 0.245 e. The highest BCUT2D eigenvalue weighted by Crippen LogP contribution is 2.39. The van der Waals surface area contributed by atoms with Gasteiger partial charge in [0.25, 0.3) is 0 Å². The number of carbonyl (C=O) groups is 1. The Hall–Kier alpha value is -2.64. The van der Waals surface area contributed by atoms with Crippen LogP contribution in [0.15, 0.2) is 18.5 Å². The summed E-state index contributed by atoms with van der Waals surface area (Å²) in [5, 5.41) is 13.9. The van der Waals surface area contributed by atoms with E-state index in [1.54, 1.807) is 21.1 Å². The number of amides is 1. The van der Waals surface area contributed by atoms with Gasteiger partial charge in [-0.05, 0) is 53.5 Å². The van der Waals surface area contributed by atoms with Crippen LogP contribution >= 0.6 is 0 Å². The molecule has 122 valence electrons. The normalized spacial score (nSPS) is 17.4. The van der Waals surface area contributed by atoms with Crippen LogP contribution < -0.4 is 14.8 Å². The molecule has 0 spiro atoms. The zero-order chi connectivity index (χ0) is 16.4. The van der Waals surface area contributed by atoms with E-state index in [2.05, 4.69) is 20.8 Å². The van der Waals surface area contributed by atoms with Crippen LogP contribution in [0.25, 0.3) is 0 Å². The highest BCUT2D eigenvalue weighted by atomic mass is 16.5. The van der Waals surface area contributed by atoms with Crippen molar-refractivity contribution in [3.8, 4) is 11.5 Å². The average molecular weight is 317 g/mol. The lowest BCUT2D eigenvalue weighted by atomic mass is 10.1. The summed E-state index contributed by atoms with van der Waals surface area (Å²) >= 11 is 0. The van der Waals surface area contributed by atoms with Crippen molar-refractivity contribution in [3.05, 3.63) is 29.6 Å². The standard InChI is InChI=1S/C15H19N5O3/c1-9(20-8-16-18-19-20)15(21)17-12-5-4-10-6-13(22-2)14(23-3)7-11(10)12/h6-9,12H,4-5H2,1-3H3,(H,17,21)/t9-,12-/m0/s1. The molecule has 1 amide bonds. The maximum atomic E-state index is 12.4. The van der Waals surface area contributed by atoms with Crippen molar-refractivity contribution < 1.29 is 14.3 Å². The molecule has 2 atom stereocenters. The van der Waals surface area contributed by atoms with Crippen LogP contribution in [0.1, 0.15) is 36.6 Å². The summed E-state index contributed by atoms with van der Waals surface area (Å²) in [6.45, 7) is 1.76. The summed E-state index contributed by atoms with van der Waals surface area (Å²) in [7, 11) is 3.22. The van der Waals surface area contributed by atoms with Crippen molar-refractivity contribution in [3.63, 3.8) is 0 Å². The Bertz CT molecular complexity index is 701. The van der Waals surface area contributed by atoms with E-state index in [4.69, 9.17) is 9.47 Å². The van der Waals surface area contributed by atoms with Gasteiger partial charge in [0, 0.05) is 0 Å². The summed E-state index contributed by atoms with van der Waals surface area (Å²) in [4.78, 5) is 12.4. The number of carbonyl (C=O) groups excluding carboxylic acids is 1. The molecule has 0 unspecified atom stereocenters. The Morgan fingerprint density at radius 2 is 2.09 bits per heavy atom. The van der Waals surface area contributed by atoms with Gasteiger partial charge >= 0.3 is 0 Å². The molecular formula is C15H19N5O3. The molecule has 1 heterocycles. The Morgan fingerprint density at radius 3 is 2.74 bits per heavy atom. The monoisotopic (exact) mass is 317 g/mol. The van der Waals surface area contributed by atoms with Crippen molar-refractivity contribution in [2.75, 3.05) is 14.2 Å². The quantitative estimate of drug-likeness (QED) is 0.886. The van der Waals surface area contributed by atoms with Crippen LogP contribution in [0.3, 0.4) is 0 Å². The van der Waals surface area contributed by atoms with Crippen LogP contribution in [0.2, 0.25) is 0 Å². The molecule has 0 saturated carbocycles. The first kappa shape index (κ1) is 15.3. The minimum Gasteiger partial charge on any atom is -0.493 e. The number of aryl methyl sites for hydroxylation is 1. The van der Waals surface area contributed by atoms with Crippen LogP contribution in [0, 0.1) is 0 Å². The molecule has 1 aliphatic rings. The van der Waals surface area contributed by atoms with E-state index in [1.807, 2.05) is 12.1 Å². The summed E-state index contributed by atoms with van der Waals surface area (Å²) in [5.74, 6) is 1.26. The number of rotatable bonds is 5. The number of hydrogen-bond donors (Lipinski definition) is 1. The van der Waals surface area contributed by atoms with Crippen molar-refractivity contribution >= 4 is 5.91 Å². The van der Waals surface area contributed by atoms with Crippen LogP contribution in [0.4, 0.5) is 0 Å². The summed E-state index contributed by atoms with van der Waals surface area (Å²) in [6, 6.07) is 3.41. The van der Waals surface area contributed by atoms with Gasteiger partial charge in [-0.3, -0.25) is 4.79 Å². The molecule has 2 aromatic rings. The predicted molar refractivity (Wildman–Crippen MR) is 81.3 cm³/mol. The van der Waals surface area contributed by atoms with Gasteiger partial charge in [-0.25, -0.2) is 4.68 Å². The Labute approximate surface area is 133 Å². The number of hydrogen-bond acceptors (Lipinski definition) is 6. The van der Waals surface area contributed by atoms with Gasteiger partial charge in [0.2, 0.25) is 5.91 Å². The number of benzene rings is 1. The van der Waals surface area contributed by atoms with Gasteiger partial charge in [0.05, 0.1) is 20.3 Å². The number of nitrogens with one attached hydrogen (secondary N) is 1. The van der Waals surface area contributed by atoms with Gasteiger partial charge in [-0.2, -0.15) is 0 Å². The maximum absolute atomic E-state index is 12.4. The number of aromatic nitrogens is 4. The predicted octanol–water partition coefficient (Wildman–Crippen LogP) is 1.05. The van der Waals surface area contributed by atoms with Gasteiger partial charge in [-0.1, -0.05) is 0 Å². The molecule has 8 nitrogen and oxygen atoms in total. The molecule has 1 aliphatic carbocycles. The van der Waals surface area contributed by atoms with E-state index in [0.717, 1.165) is 18.4 Å². The molecule has 1 N–H and O–H groups in total. The molecule has 3 rings (SSSR count). The third-order valence-corrected chi connectivity index (χ3v) is 4.18. The second-order valence-electron chi connectivity index (χ2n) is 5.47. The fourth-order valence-corrected chi connectivity index (χ4v) is 2.84. The highest BCUT2D eigenvalue weighted by molar-refractivity contribution is 5.80. The average Bonchev–Trinajstić information content (AvgIpc) is 3.23. The summed E-state index contributed by atoms with van der Waals surface area (Å²) in [6.07, 6.45) is 3.17. The fraction of sp³-hybridized carbons (Fsp3) is 0.467. The molecule has 1 aromatic carbocycles. The third-order valence-electron chi connectivity index (χ3n) is 4.18. The Balaban J connectivity index is 1.78. The zero-order valence-electron chi connectivity index (χ0n) is 13.3. The molecule has 0 bridgehead atoms. The van der Waals surface area contributed by atoms with E-state index >= 15 is 0 Å². The van der Waals surface area contributed by atoms with Crippen molar-refractivity contribution in [2.45, 2.75) is 31.8 Å². The highest BCUT2D eigenvalue weighted by Gasteiger charge is 2.28. The first-order chi connectivity index (χ1) is 11.1. The van der Waals surface area contributed by atoms with Crippen molar-refractivity contribution in [2.24, 2.45) is 0 Å². The number of tetrazole rings is 1. The van der Waals surface area contributed by atoms with E-state index in [-0.39, 0.29) is 11.9 Å². The lowest BCUT2D eigenvalue weighted by Crippen LogP contribution is -2.33. The van der Waals surface area contributed by atoms with Gasteiger partial charge in [0.15, 0.2) is 11.5 Å². The zero-order valence-corrected chi connectivity index (χ0v) is 13.3. The van der Waals surface area contributed by atoms with Gasteiger partial charge in [0.1, 0.15) is 12.4 Å². The van der Waals surface area contributed by atoms with E-state index in [9.17, 15) is 4.79 Å². The SMILES string of the molecule is COc1cc2c(cc1OC)[C@@H](NC(=O)[C@H](C)n1cnnn1)CC2. The van der Waals surface area contributed by atoms with Crippen LogP contribution in [-0.4, -0.2) is 40.3 Å². The van der Waals surface area contributed by atoms with E-state index < -0.39 is 6.04 Å². The molecular weight excluding hydrogens is 298 g/mol. The molecule has 0 saturated heterocycles. The van der Waals surface area contributed by atoms with Crippen molar-refractivity contribution in [1.29, 1.82) is 0 Å².